The summed E-state index contributed by atoms with van der Waals surface area (Å²) < 4.78 is 16.5. The van der Waals surface area contributed by atoms with Gasteiger partial charge in [-0.25, -0.2) is 0 Å². The highest BCUT2D eigenvalue weighted by Gasteiger charge is 2.38. The lowest BCUT2D eigenvalue weighted by Gasteiger charge is -2.16. The minimum atomic E-state index is -1.32. The third kappa shape index (κ3) is 9.76. The van der Waals surface area contributed by atoms with Crippen LogP contribution in [0.25, 0.3) is 0 Å². The molecule has 2 atom stereocenters. The van der Waals surface area contributed by atoms with E-state index in [-0.39, 0.29) is 18.2 Å². The van der Waals surface area contributed by atoms with E-state index in [2.05, 4.69) is 35.8 Å². The van der Waals surface area contributed by atoms with Crippen LogP contribution in [0.3, 0.4) is 0 Å². The number of hydrogen-bond donors (Lipinski definition) is 0. The molecule has 4 nitrogen and oxygen atoms in total. The Labute approximate surface area is 159 Å². The summed E-state index contributed by atoms with van der Waals surface area (Å²) in [5.74, 6) is 2.31. The Balaban J connectivity index is 2.54. The van der Waals surface area contributed by atoms with Crippen molar-refractivity contribution >= 4 is 14.0 Å². The highest BCUT2D eigenvalue weighted by atomic mass is 28.3. The van der Waals surface area contributed by atoms with Crippen LogP contribution >= 0.6 is 0 Å². The van der Waals surface area contributed by atoms with Gasteiger partial charge in [0, 0.05) is 6.42 Å². The third-order valence-corrected chi connectivity index (χ3v) is 4.43. The second-order valence-electron chi connectivity index (χ2n) is 7.72. The first-order chi connectivity index (χ1) is 12.1. The molecule has 144 valence electrons. The van der Waals surface area contributed by atoms with Crippen molar-refractivity contribution in [2.75, 3.05) is 7.11 Å². The molecule has 0 radical (unpaired) electrons. The molecule has 0 N–H and O–H groups in total. The largest absolute Gasteiger partial charge is 0.469 e. The maximum absolute atomic E-state index is 11.1. The molecule has 0 unspecified atom stereocenters. The molecule has 1 heterocycles. The van der Waals surface area contributed by atoms with E-state index < -0.39 is 13.9 Å². The first-order valence-electron chi connectivity index (χ1n) is 9.06. The summed E-state index contributed by atoms with van der Waals surface area (Å²) in [7, 11) is 0.0803. The molecule has 26 heavy (non-hydrogen) atoms. The topological polar surface area (TPSA) is 44.8 Å². The lowest BCUT2D eigenvalue weighted by Crippen LogP contribution is -2.21. The molecule has 5 heteroatoms. The number of rotatable bonds is 7. The van der Waals surface area contributed by atoms with Gasteiger partial charge in [-0.3, -0.25) is 4.79 Å². The van der Waals surface area contributed by atoms with E-state index in [0.717, 1.165) is 6.42 Å². The number of carbonyl (C=O) groups is 1. The van der Waals surface area contributed by atoms with Gasteiger partial charge in [-0.15, -0.1) is 5.54 Å². The highest BCUT2D eigenvalue weighted by molar-refractivity contribution is 6.83. The predicted molar refractivity (Wildman–Crippen MR) is 108 cm³/mol. The third-order valence-electron chi connectivity index (χ3n) is 3.54. The fourth-order valence-electron chi connectivity index (χ4n) is 2.40. The van der Waals surface area contributed by atoms with E-state index in [1.165, 1.54) is 7.11 Å². The SMILES string of the molecule is COC(=O)CC/C=C\C[C@@H]1OC(C)(C)O[C@@H]1/C=C\C=C\C#C[Si](C)(C)C. The summed E-state index contributed by atoms with van der Waals surface area (Å²) in [6.45, 7) is 10.5. The van der Waals surface area contributed by atoms with Crippen LogP contribution in [0.2, 0.25) is 19.6 Å². The molecule has 0 aromatic heterocycles. The number of allylic oxidation sites excluding steroid dienone is 4. The lowest BCUT2D eigenvalue weighted by molar-refractivity contribution is -0.142. The van der Waals surface area contributed by atoms with E-state index in [9.17, 15) is 4.79 Å². The van der Waals surface area contributed by atoms with Crippen LogP contribution in [0, 0.1) is 11.5 Å². The van der Waals surface area contributed by atoms with Crippen molar-refractivity contribution in [2.24, 2.45) is 0 Å². The van der Waals surface area contributed by atoms with Gasteiger partial charge in [-0.1, -0.05) is 55.9 Å². The molecule has 0 bridgehead atoms. The Morgan fingerprint density at radius 2 is 1.92 bits per heavy atom. The quantitative estimate of drug-likeness (QED) is 0.217. The molecule has 0 aromatic rings. The average molecular weight is 377 g/mol. The lowest BCUT2D eigenvalue weighted by atomic mass is 10.1. The summed E-state index contributed by atoms with van der Waals surface area (Å²) in [4.78, 5) is 11.1. The zero-order chi connectivity index (χ0) is 19.6. The van der Waals surface area contributed by atoms with Crippen LogP contribution in [0.1, 0.15) is 33.1 Å². The molecule has 0 saturated carbocycles. The summed E-state index contributed by atoms with van der Waals surface area (Å²) in [6, 6.07) is 0. The van der Waals surface area contributed by atoms with Crippen LogP contribution in [-0.4, -0.2) is 39.1 Å². The molecule has 1 fully saturated rings. The Hall–Kier alpha value is -1.61. The van der Waals surface area contributed by atoms with E-state index >= 15 is 0 Å². The molecule has 1 rings (SSSR count). The van der Waals surface area contributed by atoms with Gasteiger partial charge in [-0.05, 0) is 32.8 Å². The van der Waals surface area contributed by atoms with Gasteiger partial charge in [0.15, 0.2) is 5.79 Å². The molecule has 0 aromatic carbocycles. The van der Waals surface area contributed by atoms with Gasteiger partial charge in [0.05, 0.1) is 13.2 Å². The summed E-state index contributed by atoms with van der Waals surface area (Å²) in [5.41, 5.74) is 3.29. The average Bonchev–Trinajstić information content (AvgIpc) is 2.83. The fraction of sp³-hybridized carbons (Fsp3) is 0.571. The van der Waals surface area contributed by atoms with Gasteiger partial charge in [0.25, 0.3) is 0 Å². The molecule has 0 amide bonds. The zero-order valence-electron chi connectivity index (χ0n) is 16.9. The van der Waals surface area contributed by atoms with E-state index in [1.807, 2.05) is 50.3 Å². The van der Waals surface area contributed by atoms with Crippen LogP contribution in [0.4, 0.5) is 0 Å². The molecule has 0 aliphatic carbocycles. The van der Waals surface area contributed by atoms with Crippen LogP contribution in [0.15, 0.2) is 36.5 Å². The van der Waals surface area contributed by atoms with Crippen LogP contribution < -0.4 is 0 Å². The molecule has 1 saturated heterocycles. The number of esters is 1. The molecular weight excluding hydrogens is 344 g/mol. The molecular formula is C21H32O4Si. The number of hydrogen-bond acceptors (Lipinski definition) is 4. The maximum Gasteiger partial charge on any atom is 0.305 e. The minimum Gasteiger partial charge on any atom is -0.469 e. The van der Waals surface area contributed by atoms with Gasteiger partial charge >= 0.3 is 5.97 Å². The van der Waals surface area contributed by atoms with Gasteiger partial charge in [0.1, 0.15) is 14.2 Å². The van der Waals surface area contributed by atoms with E-state index in [4.69, 9.17) is 9.47 Å². The van der Waals surface area contributed by atoms with Gasteiger partial charge in [0.2, 0.25) is 0 Å². The predicted octanol–water partition coefficient (Wildman–Crippen LogP) is 4.40. The van der Waals surface area contributed by atoms with Crippen molar-refractivity contribution < 1.29 is 19.0 Å². The molecule has 0 spiro atoms. The van der Waals surface area contributed by atoms with Crippen molar-refractivity contribution in [3.63, 3.8) is 0 Å². The number of methoxy groups -OCH3 is 1. The van der Waals surface area contributed by atoms with Crippen molar-refractivity contribution in [1.29, 1.82) is 0 Å². The fourth-order valence-corrected chi connectivity index (χ4v) is 2.91. The summed E-state index contributed by atoms with van der Waals surface area (Å²) in [6.07, 6.45) is 13.4. The maximum atomic E-state index is 11.1. The zero-order valence-corrected chi connectivity index (χ0v) is 17.9. The normalized spacial score (nSPS) is 22.8. The van der Waals surface area contributed by atoms with E-state index in [1.54, 1.807) is 0 Å². The Morgan fingerprint density at radius 3 is 2.58 bits per heavy atom. The Bertz CT molecular complexity index is 600. The summed E-state index contributed by atoms with van der Waals surface area (Å²) >= 11 is 0. The van der Waals surface area contributed by atoms with Gasteiger partial charge in [-0.2, -0.15) is 0 Å². The standard InChI is InChI=1S/C21H32O4Si/c1-21(2)24-18(14-10-7-8-13-17-26(4,5)6)19(25-21)15-11-9-12-16-20(22)23-3/h7-11,14,18-19H,12,15-16H2,1-6H3/b8-7+,11-9-,14-10-/t18-,19+/m1/s1. The Kier molecular flexibility index (Phi) is 9.07. The first-order valence-corrected chi connectivity index (χ1v) is 12.6. The second kappa shape index (κ2) is 10.5. The van der Waals surface area contributed by atoms with Gasteiger partial charge < -0.3 is 14.2 Å². The summed E-state index contributed by atoms with van der Waals surface area (Å²) in [5, 5.41) is 0. The number of ether oxygens (including phenoxy) is 3. The first kappa shape index (κ1) is 22.4. The van der Waals surface area contributed by atoms with E-state index in [0.29, 0.717) is 12.8 Å². The number of carbonyl (C=O) groups excluding carboxylic acids is 1. The van der Waals surface area contributed by atoms with Crippen LogP contribution in [0.5, 0.6) is 0 Å². The highest BCUT2D eigenvalue weighted by Crippen LogP contribution is 2.30. The monoisotopic (exact) mass is 376 g/mol. The Morgan fingerprint density at radius 1 is 1.19 bits per heavy atom. The molecule has 1 aliphatic rings. The minimum absolute atomic E-state index is 0.0444. The van der Waals surface area contributed by atoms with Crippen molar-refractivity contribution in [1.82, 2.24) is 0 Å². The van der Waals surface area contributed by atoms with Crippen molar-refractivity contribution in [3.05, 3.63) is 36.5 Å². The second-order valence-corrected chi connectivity index (χ2v) is 12.5. The van der Waals surface area contributed by atoms with Crippen molar-refractivity contribution in [3.8, 4) is 11.5 Å². The molecule has 1 aliphatic heterocycles. The smallest absolute Gasteiger partial charge is 0.305 e. The van der Waals surface area contributed by atoms with Crippen molar-refractivity contribution in [2.45, 2.75) is 70.7 Å². The van der Waals surface area contributed by atoms with Crippen LogP contribution in [-0.2, 0) is 19.0 Å².